The molecular formula is C11H15NO5S. The molecule has 0 radical (unpaired) electrons. The fourth-order valence-corrected chi connectivity index (χ4v) is 3.00. The summed E-state index contributed by atoms with van der Waals surface area (Å²) in [7, 11) is -3.37. The van der Waals surface area contributed by atoms with Crippen LogP contribution in [0.4, 0.5) is 5.69 Å². The van der Waals surface area contributed by atoms with Crippen LogP contribution in [0.15, 0.2) is 24.3 Å². The number of aliphatic hydroxyl groups excluding tert-OH is 1. The second-order valence-corrected chi connectivity index (χ2v) is 6.33. The third kappa shape index (κ3) is 3.27. The Balaban J connectivity index is 3.03. The zero-order valence-corrected chi connectivity index (χ0v) is 10.9. The van der Waals surface area contributed by atoms with E-state index in [1.54, 1.807) is 6.92 Å². The average Bonchev–Trinajstić information content (AvgIpc) is 2.28. The topological polar surface area (TPSA) is 97.5 Å². The number of benzene rings is 1. The molecule has 0 saturated carbocycles. The van der Waals surface area contributed by atoms with Crippen molar-refractivity contribution in [2.24, 2.45) is 0 Å². The summed E-state index contributed by atoms with van der Waals surface area (Å²) in [6, 6.07) is 5.23. The second-order valence-electron chi connectivity index (χ2n) is 4.07. The molecule has 1 aromatic carbocycles. The molecule has 18 heavy (non-hydrogen) atoms. The highest BCUT2D eigenvalue weighted by Crippen LogP contribution is 2.25. The van der Waals surface area contributed by atoms with Crippen LogP contribution >= 0.6 is 0 Å². The monoisotopic (exact) mass is 273 g/mol. The molecule has 2 atom stereocenters. The van der Waals surface area contributed by atoms with Crippen LogP contribution in [0.5, 0.6) is 0 Å². The van der Waals surface area contributed by atoms with Crippen LogP contribution < -0.4 is 0 Å². The van der Waals surface area contributed by atoms with E-state index in [9.17, 15) is 23.6 Å². The number of sulfone groups is 1. The first-order valence-electron chi connectivity index (χ1n) is 5.38. The molecule has 0 bridgehead atoms. The molecule has 2 unspecified atom stereocenters. The molecule has 0 spiro atoms. The van der Waals surface area contributed by atoms with E-state index < -0.39 is 26.1 Å². The molecule has 0 fully saturated rings. The van der Waals surface area contributed by atoms with Crippen LogP contribution in [-0.4, -0.2) is 30.0 Å². The first kappa shape index (κ1) is 14.6. The van der Waals surface area contributed by atoms with Crippen LogP contribution in [0.1, 0.15) is 25.0 Å². The number of nitrogens with zero attached hydrogens (tertiary/aromatic N) is 1. The van der Waals surface area contributed by atoms with E-state index in [1.807, 2.05) is 0 Å². The molecule has 0 amide bonds. The molecule has 0 aliphatic heterocycles. The smallest absolute Gasteiger partial charge is 0.269 e. The van der Waals surface area contributed by atoms with E-state index >= 15 is 0 Å². The van der Waals surface area contributed by atoms with Crippen molar-refractivity contribution >= 4 is 15.5 Å². The van der Waals surface area contributed by atoms with Crippen molar-refractivity contribution in [2.75, 3.05) is 6.26 Å². The van der Waals surface area contributed by atoms with Gasteiger partial charge in [-0.15, -0.1) is 0 Å². The van der Waals surface area contributed by atoms with E-state index in [0.717, 1.165) is 6.26 Å². The third-order valence-electron chi connectivity index (χ3n) is 2.75. The van der Waals surface area contributed by atoms with E-state index in [1.165, 1.54) is 24.3 Å². The summed E-state index contributed by atoms with van der Waals surface area (Å²) in [5.74, 6) is 0. The van der Waals surface area contributed by atoms with Crippen LogP contribution in [0, 0.1) is 10.1 Å². The lowest BCUT2D eigenvalue weighted by molar-refractivity contribution is -0.384. The van der Waals surface area contributed by atoms with Crippen molar-refractivity contribution in [1.29, 1.82) is 0 Å². The molecule has 1 aromatic rings. The second kappa shape index (κ2) is 5.45. The van der Waals surface area contributed by atoms with Crippen molar-refractivity contribution in [3.8, 4) is 0 Å². The maximum atomic E-state index is 11.5. The van der Waals surface area contributed by atoms with Crippen molar-refractivity contribution in [2.45, 2.75) is 24.7 Å². The summed E-state index contributed by atoms with van der Waals surface area (Å²) in [5, 5.41) is 19.6. The quantitative estimate of drug-likeness (QED) is 0.646. The first-order chi connectivity index (χ1) is 8.27. The van der Waals surface area contributed by atoms with E-state index in [-0.39, 0.29) is 12.1 Å². The van der Waals surface area contributed by atoms with Crippen molar-refractivity contribution in [3.63, 3.8) is 0 Å². The number of non-ortho nitro benzene ring substituents is 1. The summed E-state index contributed by atoms with van der Waals surface area (Å²) in [5.41, 5.74) is 0.260. The minimum absolute atomic E-state index is 0.0987. The van der Waals surface area contributed by atoms with Gasteiger partial charge in [-0.3, -0.25) is 10.1 Å². The fourth-order valence-electron chi connectivity index (χ4n) is 1.77. The Morgan fingerprint density at radius 1 is 1.33 bits per heavy atom. The normalized spacial score (nSPS) is 15.1. The van der Waals surface area contributed by atoms with Gasteiger partial charge in [0.25, 0.3) is 5.69 Å². The maximum absolute atomic E-state index is 11.5. The highest BCUT2D eigenvalue weighted by Gasteiger charge is 2.28. The lowest BCUT2D eigenvalue weighted by atomic mass is 10.0. The van der Waals surface area contributed by atoms with Gasteiger partial charge in [0.2, 0.25) is 0 Å². The minimum atomic E-state index is -3.37. The van der Waals surface area contributed by atoms with E-state index in [0.29, 0.717) is 5.56 Å². The molecule has 0 saturated heterocycles. The van der Waals surface area contributed by atoms with Crippen LogP contribution in [-0.2, 0) is 9.84 Å². The van der Waals surface area contributed by atoms with Gasteiger partial charge in [0.05, 0.1) is 16.3 Å². The van der Waals surface area contributed by atoms with Gasteiger partial charge in [-0.05, 0) is 24.1 Å². The molecule has 1 rings (SSSR count). The molecule has 0 heterocycles. The third-order valence-corrected chi connectivity index (χ3v) is 4.44. The lowest BCUT2D eigenvalue weighted by Gasteiger charge is -2.20. The lowest BCUT2D eigenvalue weighted by Crippen LogP contribution is -2.26. The summed E-state index contributed by atoms with van der Waals surface area (Å²) in [6.07, 6.45) is 0.165. The number of aliphatic hydroxyl groups is 1. The number of rotatable bonds is 5. The number of nitro benzene ring substituents is 1. The predicted molar refractivity (Wildman–Crippen MR) is 67.0 cm³/mol. The molecule has 1 N–H and O–H groups in total. The van der Waals surface area contributed by atoms with Gasteiger partial charge < -0.3 is 5.11 Å². The number of nitro groups is 1. The molecule has 0 aliphatic carbocycles. The first-order valence-corrected chi connectivity index (χ1v) is 7.34. The Labute approximate surface area is 105 Å². The van der Waals surface area contributed by atoms with Gasteiger partial charge in [-0.1, -0.05) is 6.92 Å². The van der Waals surface area contributed by atoms with Gasteiger partial charge in [-0.2, -0.15) is 0 Å². The van der Waals surface area contributed by atoms with Gasteiger partial charge in [0.1, 0.15) is 0 Å². The van der Waals surface area contributed by atoms with Crippen molar-refractivity contribution < 1.29 is 18.4 Å². The number of hydrogen-bond acceptors (Lipinski definition) is 5. The summed E-state index contributed by atoms with van der Waals surface area (Å²) < 4.78 is 23.0. The minimum Gasteiger partial charge on any atom is -0.387 e. The van der Waals surface area contributed by atoms with Gasteiger partial charge in [-0.25, -0.2) is 8.42 Å². The van der Waals surface area contributed by atoms with Crippen LogP contribution in [0.25, 0.3) is 0 Å². The molecule has 7 heteroatoms. The SMILES string of the molecule is CCC(C(O)c1ccc([N+](=O)[O-])cc1)S(C)(=O)=O. The van der Waals surface area contributed by atoms with Gasteiger partial charge in [0, 0.05) is 18.4 Å². The molecule has 100 valence electrons. The zero-order chi connectivity index (χ0) is 13.9. The Kier molecular flexibility index (Phi) is 4.42. The highest BCUT2D eigenvalue weighted by atomic mass is 32.2. The zero-order valence-electron chi connectivity index (χ0n) is 10.1. The Hall–Kier alpha value is -1.47. The molecule has 0 aromatic heterocycles. The summed E-state index contributed by atoms with van der Waals surface area (Å²) in [6.45, 7) is 1.67. The Morgan fingerprint density at radius 3 is 2.17 bits per heavy atom. The summed E-state index contributed by atoms with van der Waals surface area (Å²) in [4.78, 5) is 9.93. The average molecular weight is 273 g/mol. The largest absolute Gasteiger partial charge is 0.387 e. The van der Waals surface area contributed by atoms with E-state index in [4.69, 9.17) is 0 Å². The standard InChI is InChI=1S/C11H15NO5S/c1-3-10(18(2,16)17)11(13)8-4-6-9(7-5-8)12(14)15/h4-7,10-11,13H,3H2,1-2H3. The molecule has 0 aliphatic rings. The van der Waals surface area contributed by atoms with Crippen molar-refractivity contribution in [1.82, 2.24) is 0 Å². The van der Waals surface area contributed by atoms with Gasteiger partial charge >= 0.3 is 0 Å². The number of hydrogen-bond donors (Lipinski definition) is 1. The molecule has 6 nitrogen and oxygen atoms in total. The van der Waals surface area contributed by atoms with Crippen LogP contribution in [0.2, 0.25) is 0 Å². The summed E-state index contributed by atoms with van der Waals surface area (Å²) >= 11 is 0. The molecular weight excluding hydrogens is 258 g/mol. The Morgan fingerprint density at radius 2 is 1.83 bits per heavy atom. The fraction of sp³-hybridized carbons (Fsp3) is 0.455. The highest BCUT2D eigenvalue weighted by molar-refractivity contribution is 7.91. The van der Waals surface area contributed by atoms with Gasteiger partial charge in [0.15, 0.2) is 9.84 Å². The van der Waals surface area contributed by atoms with Crippen molar-refractivity contribution in [3.05, 3.63) is 39.9 Å². The predicted octanol–water partition coefficient (Wildman–Crippen LogP) is 1.45. The van der Waals surface area contributed by atoms with E-state index in [2.05, 4.69) is 0 Å². The maximum Gasteiger partial charge on any atom is 0.269 e. The van der Waals surface area contributed by atoms with Crippen LogP contribution in [0.3, 0.4) is 0 Å². The Bertz CT molecular complexity index is 523.